The van der Waals surface area contributed by atoms with Crippen molar-refractivity contribution in [2.24, 2.45) is 0 Å². The number of alkyl carbamates (subject to hydrolysis) is 1. The molecule has 0 aliphatic carbocycles. The highest BCUT2D eigenvalue weighted by molar-refractivity contribution is 8.08. The van der Waals surface area contributed by atoms with Gasteiger partial charge >= 0.3 is 34.4 Å². The fourth-order valence-corrected chi connectivity index (χ4v) is 15.0. The topological polar surface area (TPSA) is 362 Å². The molecule has 30 heteroatoms. The molecule has 6 atom stereocenters. The molecule has 0 bridgehead atoms. The number of amides is 2. The summed E-state index contributed by atoms with van der Waals surface area (Å²) in [6, 6.07) is 8.73. The number of nitrogens with two attached hydrogens (primary N) is 1. The molecule has 6 aliphatic heterocycles. The van der Waals surface area contributed by atoms with Gasteiger partial charge < -0.3 is 65.3 Å². The summed E-state index contributed by atoms with van der Waals surface area (Å²) in [5.41, 5.74) is 13.9. The Morgan fingerprint density at radius 3 is 2.38 bits per heavy atom. The van der Waals surface area contributed by atoms with Crippen LogP contribution in [0.1, 0.15) is 86.0 Å². The lowest BCUT2D eigenvalue weighted by molar-refractivity contribution is -0.0508. The molecule has 11 rings (SSSR count). The molecule has 6 aliphatic rings. The Balaban J connectivity index is 0.840. The van der Waals surface area contributed by atoms with Crippen molar-refractivity contribution in [3.8, 4) is 11.5 Å². The van der Waals surface area contributed by atoms with E-state index in [1.165, 1.54) is 45.2 Å². The van der Waals surface area contributed by atoms with Crippen LogP contribution in [0.2, 0.25) is 0 Å². The molecule has 2 unspecified atom stereocenters. The molecule has 0 spiro atoms. The average Bonchev–Trinajstić information content (AvgIpc) is 4.00. The van der Waals surface area contributed by atoms with E-state index in [1.54, 1.807) is 6.07 Å². The van der Waals surface area contributed by atoms with Gasteiger partial charge in [-0.05, 0) is 91.8 Å². The lowest BCUT2D eigenvalue weighted by atomic mass is 9.81. The molecule has 26 nitrogen and oxygen atoms in total. The number of carbonyl (C=O) groups is 3. The number of nitrogens with one attached hydrogen (secondary N) is 2. The Morgan fingerprint density at radius 2 is 1.61 bits per heavy atom. The third-order valence-corrected chi connectivity index (χ3v) is 18.6. The van der Waals surface area contributed by atoms with Crippen molar-refractivity contribution < 1.29 is 80.7 Å². The average molecular weight is 1130 g/mol. The number of aromatic carboxylic acids is 1. The highest BCUT2D eigenvalue weighted by Crippen LogP contribution is 2.66. The Bertz CT molecular complexity index is 3550. The van der Waals surface area contributed by atoms with E-state index in [0.29, 0.717) is 11.1 Å². The van der Waals surface area contributed by atoms with E-state index in [9.17, 15) is 53.3 Å². The Hall–Kier alpha value is -5.76. The lowest BCUT2D eigenvalue weighted by Crippen LogP contribution is -2.45. The summed E-state index contributed by atoms with van der Waals surface area (Å²) in [5.74, 6) is -0.336. The van der Waals surface area contributed by atoms with Gasteiger partial charge in [0.05, 0.1) is 24.1 Å². The number of fused-ring (bicyclic) bond motifs is 5. The van der Waals surface area contributed by atoms with Gasteiger partial charge in [-0.15, -0.1) is 0 Å². The molecular weight excluding hydrogens is 1080 g/mol. The van der Waals surface area contributed by atoms with Crippen LogP contribution in [0.5, 0.6) is 11.5 Å². The van der Waals surface area contributed by atoms with Crippen molar-refractivity contribution in [1.82, 2.24) is 34.7 Å². The van der Waals surface area contributed by atoms with Crippen molar-refractivity contribution in [3.63, 3.8) is 0 Å². The number of carboxylic acids is 1. The molecule has 1 saturated heterocycles. The number of hydrogen-bond donors (Lipinski definition) is 9. The maximum absolute atomic E-state index is 14.0. The Morgan fingerprint density at radius 1 is 0.868 bits per heavy atom. The minimum atomic E-state index is -5.70. The van der Waals surface area contributed by atoms with E-state index in [-0.39, 0.29) is 41.2 Å². The van der Waals surface area contributed by atoms with Crippen molar-refractivity contribution in [2.45, 2.75) is 75.9 Å². The van der Waals surface area contributed by atoms with Crippen LogP contribution in [0.25, 0.3) is 16.7 Å². The number of aryl methyl sites for hydroxylation is 2. The van der Waals surface area contributed by atoms with Gasteiger partial charge in [-0.2, -0.15) is 4.31 Å². The molecule has 2 amide bonds. The number of carboxylic acid groups (broad SMARTS) is 1. The zero-order valence-corrected chi connectivity index (χ0v) is 43.6. The van der Waals surface area contributed by atoms with Gasteiger partial charge in [0, 0.05) is 77.8 Å². The van der Waals surface area contributed by atoms with Gasteiger partial charge in [0.25, 0.3) is 5.91 Å². The quantitative estimate of drug-likeness (QED) is 0.0402. The van der Waals surface area contributed by atoms with Crippen LogP contribution in [-0.2, 0) is 69.2 Å². The number of ether oxygens (including phenoxy) is 3. The number of phosphoric ester groups is 1. The second-order valence-corrected chi connectivity index (χ2v) is 24.8. The molecule has 0 radical (unpaired) electrons. The second-order valence-electron chi connectivity index (χ2n) is 19.0. The SMILES string of the molecule is Nc1ncnc2c1ncn2[C@@H]1O[C@H](COP(=O)(O)OP(=O)(O)OP(O)(O)=S)[C@@H](OC(=O)NCCNC(=O)c2ccc(C(=O)O)c(C3=c4cc5c6c(c4Oc4c3cc3c7c4CCCN7CCC3)CCC[N+]=6CCC5)c2)[C@H]1O. The number of aliphatic hydroxyl groups is 1. The van der Waals surface area contributed by atoms with Crippen LogP contribution in [0.3, 0.4) is 0 Å². The summed E-state index contributed by atoms with van der Waals surface area (Å²) in [7, 11) is -11.3. The predicted molar refractivity (Wildman–Crippen MR) is 270 cm³/mol. The number of aromatic nitrogens is 4. The Labute approximate surface area is 436 Å². The van der Waals surface area contributed by atoms with Gasteiger partial charge in [-0.25, -0.2) is 42.6 Å². The lowest BCUT2D eigenvalue weighted by Gasteiger charge is -2.39. The molecule has 402 valence electrons. The first-order valence-electron chi connectivity index (χ1n) is 24.3. The summed E-state index contributed by atoms with van der Waals surface area (Å²) in [6.07, 6.45) is 1.70. The van der Waals surface area contributed by atoms with E-state index in [0.717, 1.165) is 117 Å². The van der Waals surface area contributed by atoms with Crippen molar-refractivity contribution in [1.29, 1.82) is 0 Å². The summed E-state index contributed by atoms with van der Waals surface area (Å²) >= 11 is 4.12. The van der Waals surface area contributed by atoms with Gasteiger partial charge in [0.15, 0.2) is 23.8 Å². The number of nitrogens with zero attached hydrogens (tertiary/aromatic N) is 6. The highest BCUT2D eigenvalue weighted by Gasteiger charge is 2.50. The minimum absolute atomic E-state index is 0.00296. The summed E-state index contributed by atoms with van der Waals surface area (Å²) in [4.78, 5) is 93.7. The van der Waals surface area contributed by atoms with Crippen LogP contribution in [-0.4, -0.2) is 131 Å². The molecule has 76 heavy (non-hydrogen) atoms. The maximum atomic E-state index is 14.0. The number of benzene rings is 3. The number of anilines is 2. The van der Waals surface area contributed by atoms with Crippen LogP contribution >= 0.6 is 22.4 Å². The van der Waals surface area contributed by atoms with Crippen molar-refractivity contribution in [2.75, 3.05) is 56.5 Å². The summed E-state index contributed by atoms with van der Waals surface area (Å²) in [6.45, 7) is -2.57. The molecule has 0 saturated carbocycles. The monoisotopic (exact) mass is 1130 g/mol. The number of phosphoric acid groups is 2. The van der Waals surface area contributed by atoms with E-state index in [4.69, 9.17) is 24.5 Å². The van der Waals surface area contributed by atoms with Crippen molar-refractivity contribution in [3.05, 3.63) is 98.1 Å². The minimum Gasteiger partial charge on any atom is -0.478 e. The van der Waals surface area contributed by atoms with Gasteiger partial charge in [0.1, 0.15) is 48.6 Å². The van der Waals surface area contributed by atoms with E-state index >= 15 is 0 Å². The highest BCUT2D eigenvalue weighted by atomic mass is 32.5. The summed E-state index contributed by atoms with van der Waals surface area (Å²) < 4.78 is 59.9. The molecule has 1 fully saturated rings. The third-order valence-electron chi connectivity index (χ3n) is 14.2. The van der Waals surface area contributed by atoms with Crippen molar-refractivity contribution >= 4 is 80.4 Å². The second kappa shape index (κ2) is 20.2. The smallest absolute Gasteiger partial charge is 0.478 e. The number of rotatable bonds is 15. The largest absolute Gasteiger partial charge is 0.488 e. The van der Waals surface area contributed by atoms with Gasteiger partial charge in [-0.3, -0.25) is 13.9 Å². The number of nitrogen functional groups attached to an aromatic ring is 1. The molecule has 8 heterocycles. The number of carbonyl (C=O) groups excluding carboxylic acids is 2. The normalized spacial score (nSPS) is 22.0. The third kappa shape index (κ3) is 10.0. The standard InChI is InChI=1S/C46H50N9O17P3S/c47-41-34-42(51-21-50-41)55(22-52-34)44-37(56)40(32(68-44)20-67-73(61,62)71-74(63,64)72-75(65,66)76)70-46(60)49-12-11-48-43(57)25-9-10-26(45(58)59)29(19-25)33-30-17-23-5-1-13-53-15-3-7-27(35(23)53)38(30)69-39-28-8-4-16-54-14-2-6-24(36(28)54)18-31(33)39/h9-10,17-19,21-22,32,37,40,44,56H,1-8,11-16,20H2,(H8-,47,48,49,50,51,57,58,59,60,61,62,63,64,65,66,76)/p+1/t32-,37-,40-,44-/m1/s1. The number of imidazole rings is 1. The molecule has 5 aromatic rings. The van der Waals surface area contributed by atoms with Crippen LogP contribution in [0.15, 0.2) is 43.0 Å². The zero-order valence-electron chi connectivity index (χ0n) is 40.1. The van der Waals surface area contributed by atoms with Gasteiger partial charge in [0.2, 0.25) is 5.36 Å². The van der Waals surface area contributed by atoms with Crippen LogP contribution in [0.4, 0.5) is 16.3 Å². The zero-order chi connectivity index (χ0) is 53.4. The molecule has 10 N–H and O–H groups in total. The van der Waals surface area contributed by atoms with Crippen LogP contribution in [0, 0.1) is 0 Å². The van der Waals surface area contributed by atoms with E-state index in [2.05, 4.69) is 67.6 Å². The fourth-order valence-electron chi connectivity index (χ4n) is 11.2. The first kappa shape index (κ1) is 52.3. The first-order chi connectivity index (χ1) is 36.2. The predicted octanol–water partition coefficient (Wildman–Crippen LogP) is 1.78. The Kier molecular flexibility index (Phi) is 13.9. The fraction of sp³-hybridized carbons (Fsp3) is 0.413. The van der Waals surface area contributed by atoms with E-state index in [1.807, 2.05) is 0 Å². The number of hydrogen-bond acceptors (Lipinski definition) is 18. The van der Waals surface area contributed by atoms with Crippen LogP contribution < -0.4 is 41.2 Å². The first-order valence-corrected chi connectivity index (χ1v) is 29.9. The maximum Gasteiger partial charge on any atom is 0.488 e. The molecule has 2 aromatic heterocycles. The number of aliphatic hydroxyl groups excluding tert-OH is 1. The molecular formula is C46H51N9O17P3S+. The van der Waals surface area contributed by atoms with Gasteiger partial charge in [-0.1, -0.05) is 0 Å². The summed E-state index contributed by atoms with van der Waals surface area (Å²) in [5, 5.41) is 29.5. The molecule has 3 aromatic carbocycles. The van der Waals surface area contributed by atoms with E-state index < -0.39 is 71.5 Å².